The first-order valence-corrected chi connectivity index (χ1v) is 7.91. The number of nitrogens with zero attached hydrogens (tertiary/aromatic N) is 4. The Balaban J connectivity index is 1.75. The fourth-order valence-corrected chi connectivity index (χ4v) is 2.77. The lowest BCUT2D eigenvalue weighted by atomic mass is 10.2. The summed E-state index contributed by atoms with van der Waals surface area (Å²) < 4.78 is 0. The molecule has 6 nitrogen and oxygen atoms in total. The third kappa shape index (κ3) is 3.37. The number of carbonyl (C=O) groups excluding carboxylic acids is 2. The number of aromatic nitrogens is 1. The zero-order valence-electron chi connectivity index (χ0n) is 13.6. The Labute approximate surface area is 141 Å². The molecule has 0 saturated carbocycles. The SMILES string of the molecule is CN(C(=O)c1cncc(N2CCN(C=O)CC2)c1)c1ccccc1. The zero-order chi connectivity index (χ0) is 16.9. The molecule has 1 aromatic carbocycles. The molecule has 0 bridgehead atoms. The molecule has 0 aliphatic carbocycles. The van der Waals surface area contributed by atoms with Gasteiger partial charge in [-0.05, 0) is 18.2 Å². The van der Waals surface area contributed by atoms with E-state index in [0.717, 1.165) is 30.9 Å². The van der Waals surface area contributed by atoms with E-state index in [-0.39, 0.29) is 5.91 Å². The van der Waals surface area contributed by atoms with Crippen LogP contribution in [0.5, 0.6) is 0 Å². The molecule has 1 saturated heterocycles. The molecule has 0 atom stereocenters. The fourth-order valence-electron chi connectivity index (χ4n) is 2.77. The number of benzene rings is 1. The molecule has 24 heavy (non-hydrogen) atoms. The predicted molar refractivity (Wildman–Crippen MR) is 93.3 cm³/mol. The highest BCUT2D eigenvalue weighted by Crippen LogP contribution is 2.19. The minimum absolute atomic E-state index is 0.0953. The second kappa shape index (κ2) is 7.12. The van der Waals surface area contributed by atoms with E-state index in [1.165, 1.54) is 0 Å². The molecule has 0 N–H and O–H groups in total. The van der Waals surface area contributed by atoms with E-state index in [4.69, 9.17) is 0 Å². The molecule has 124 valence electrons. The number of pyridine rings is 1. The maximum Gasteiger partial charge on any atom is 0.259 e. The molecule has 2 amide bonds. The van der Waals surface area contributed by atoms with E-state index in [0.29, 0.717) is 18.7 Å². The molecule has 1 aromatic heterocycles. The lowest BCUT2D eigenvalue weighted by Crippen LogP contribution is -2.45. The predicted octanol–water partition coefficient (Wildman–Crippen LogP) is 1.64. The lowest BCUT2D eigenvalue weighted by Gasteiger charge is -2.34. The molecular weight excluding hydrogens is 304 g/mol. The van der Waals surface area contributed by atoms with Crippen LogP contribution in [0.3, 0.4) is 0 Å². The molecule has 0 unspecified atom stereocenters. The average molecular weight is 324 g/mol. The molecule has 6 heteroatoms. The normalized spacial score (nSPS) is 14.4. The van der Waals surface area contributed by atoms with Gasteiger partial charge >= 0.3 is 0 Å². The van der Waals surface area contributed by atoms with Gasteiger partial charge in [-0.15, -0.1) is 0 Å². The fraction of sp³-hybridized carbons (Fsp3) is 0.278. The van der Waals surface area contributed by atoms with Crippen molar-refractivity contribution in [1.29, 1.82) is 0 Å². The third-order valence-electron chi connectivity index (χ3n) is 4.25. The van der Waals surface area contributed by atoms with E-state index >= 15 is 0 Å². The van der Waals surface area contributed by atoms with Crippen molar-refractivity contribution >= 4 is 23.7 Å². The second-order valence-electron chi connectivity index (χ2n) is 5.76. The van der Waals surface area contributed by atoms with Crippen molar-refractivity contribution in [2.24, 2.45) is 0 Å². The minimum atomic E-state index is -0.0953. The van der Waals surface area contributed by atoms with Gasteiger partial charge in [-0.3, -0.25) is 14.6 Å². The number of rotatable bonds is 4. The van der Waals surface area contributed by atoms with Crippen molar-refractivity contribution in [3.8, 4) is 0 Å². The van der Waals surface area contributed by atoms with Crippen LogP contribution in [-0.4, -0.2) is 55.4 Å². The van der Waals surface area contributed by atoms with Gasteiger partial charge in [0.15, 0.2) is 0 Å². The van der Waals surface area contributed by atoms with Crippen molar-refractivity contribution in [1.82, 2.24) is 9.88 Å². The summed E-state index contributed by atoms with van der Waals surface area (Å²) in [6.07, 6.45) is 4.23. The highest BCUT2D eigenvalue weighted by atomic mass is 16.2. The van der Waals surface area contributed by atoms with Gasteiger partial charge in [0.1, 0.15) is 0 Å². The van der Waals surface area contributed by atoms with Gasteiger partial charge in [0.2, 0.25) is 6.41 Å². The van der Waals surface area contributed by atoms with Crippen LogP contribution in [0.2, 0.25) is 0 Å². The van der Waals surface area contributed by atoms with E-state index in [1.807, 2.05) is 36.4 Å². The van der Waals surface area contributed by atoms with Gasteiger partial charge in [-0.25, -0.2) is 0 Å². The van der Waals surface area contributed by atoms with E-state index in [1.54, 1.807) is 29.2 Å². The van der Waals surface area contributed by atoms with E-state index in [2.05, 4.69) is 9.88 Å². The van der Waals surface area contributed by atoms with Crippen LogP contribution in [0, 0.1) is 0 Å². The number of hydrogen-bond acceptors (Lipinski definition) is 4. The first-order valence-electron chi connectivity index (χ1n) is 7.91. The number of carbonyl (C=O) groups is 2. The van der Waals surface area contributed by atoms with Gasteiger partial charge in [-0.1, -0.05) is 18.2 Å². The van der Waals surface area contributed by atoms with Crippen molar-refractivity contribution < 1.29 is 9.59 Å². The molecule has 2 aromatic rings. The number of anilines is 2. The largest absolute Gasteiger partial charge is 0.367 e. The van der Waals surface area contributed by atoms with Crippen LogP contribution < -0.4 is 9.80 Å². The summed E-state index contributed by atoms with van der Waals surface area (Å²) in [5, 5.41) is 0. The molecule has 1 fully saturated rings. The van der Waals surface area contributed by atoms with Crippen LogP contribution in [0.15, 0.2) is 48.8 Å². The average Bonchev–Trinajstić information content (AvgIpc) is 2.67. The smallest absolute Gasteiger partial charge is 0.259 e. The van der Waals surface area contributed by atoms with E-state index in [9.17, 15) is 9.59 Å². The maximum absolute atomic E-state index is 12.7. The number of amides is 2. The standard InChI is InChI=1S/C18H20N4O2/c1-20(16-5-3-2-4-6-16)18(24)15-11-17(13-19-12-15)22-9-7-21(14-23)8-10-22/h2-6,11-14H,7-10H2,1H3. The van der Waals surface area contributed by atoms with Crippen LogP contribution in [-0.2, 0) is 4.79 Å². The quantitative estimate of drug-likeness (QED) is 0.802. The van der Waals surface area contributed by atoms with Crippen LogP contribution >= 0.6 is 0 Å². The van der Waals surface area contributed by atoms with Gasteiger partial charge < -0.3 is 14.7 Å². The summed E-state index contributed by atoms with van der Waals surface area (Å²) in [6.45, 7) is 2.86. The Morgan fingerprint density at radius 3 is 2.50 bits per heavy atom. The van der Waals surface area contributed by atoms with Gasteiger partial charge in [0.05, 0.1) is 17.4 Å². The lowest BCUT2D eigenvalue weighted by molar-refractivity contribution is -0.118. The first-order chi connectivity index (χ1) is 11.7. The van der Waals surface area contributed by atoms with Crippen LogP contribution in [0.25, 0.3) is 0 Å². The molecule has 2 heterocycles. The van der Waals surface area contributed by atoms with Crippen molar-refractivity contribution in [3.63, 3.8) is 0 Å². The topological polar surface area (TPSA) is 56.8 Å². The van der Waals surface area contributed by atoms with Crippen molar-refractivity contribution in [2.45, 2.75) is 0 Å². The Kier molecular flexibility index (Phi) is 4.74. The Morgan fingerprint density at radius 2 is 1.83 bits per heavy atom. The zero-order valence-corrected chi connectivity index (χ0v) is 13.6. The summed E-state index contributed by atoms with van der Waals surface area (Å²) in [6, 6.07) is 11.4. The minimum Gasteiger partial charge on any atom is -0.367 e. The van der Waals surface area contributed by atoms with Crippen molar-refractivity contribution in [2.75, 3.05) is 43.0 Å². The Bertz CT molecular complexity index is 712. The first kappa shape index (κ1) is 16.0. The summed E-state index contributed by atoms with van der Waals surface area (Å²) >= 11 is 0. The molecule has 3 rings (SSSR count). The molecule has 1 aliphatic rings. The number of para-hydroxylation sites is 1. The van der Waals surface area contributed by atoms with Gasteiger partial charge in [0, 0.05) is 45.1 Å². The Morgan fingerprint density at radius 1 is 1.12 bits per heavy atom. The number of piperazine rings is 1. The Hall–Kier alpha value is -2.89. The monoisotopic (exact) mass is 324 g/mol. The van der Waals surface area contributed by atoms with Crippen molar-refractivity contribution in [3.05, 3.63) is 54.4 Å². The summed E-state index contributed by atoms with van der Waals surface area (Å²) in [4.78, 5) is 33.2. The molecule has 0 spiro atoms. The van der Waals surface area contributed by atoms with Gasteiger partial charge in [0.25, 0.3) is 5.91 Å². The van der Waals surface area contributed by atoms with E-state index < -0.39 is 0 Å². The summed E-state index contributed by atoms with van der Waals surface area (Å²) in [5.41, 5.74) is 2.30. The second-order valence-corrected chi connectivity index (χ2v) is 5.76. The highest BCUT2D eigenvalue weighted by molar-refractivity contribution is 6.06. The molecule has 0 radical (unpaired) electrons. The molecular formula is C18H20N4O2. The molecule has 1 aliphatic heterocycles. The van der Waals surface area contributed by atoms with Gasteiger partial charge in [-0.2, -0.15) is 0 Å². The van der Waals surface area contributed by atoms with Crippen LogP contribution in [0.4, 0.5) is 11.4 Å². The summed E-state index contributed by atoms with van der Waals surface area (Å²) in [7, 11) is 1.76. The number of hydrogen-bond donors (Lipinski definition) is 0. The van der Waals surface area contributed by atoms with Crippen LogP contribution in [0.1, 0.15) is 10.4 Å². The maximum atomic E-state index is 12.7. The third-order valence-corrected chi connectivity index (χ3v) is 4.25. The highest BCUT2D eigenvalue weighted by Gasteiger charge is 2.19. The summed E-state index contributed by atoms with van der Waals surface area (Å²) in [5.74, 6) is -0.0953.